The van der Waals surface area contributed by atoms with Crippen molar-refractivity contribution in [3.63, 3.8) is 0 Å². The summed E-state index contributed by atoms with van der Waals surface area (Å²) in [6, 6.07) is 14.1. The Balaban J connectivity index is 1.46. The van der Waals surface area contributed by atoms with E-state index < -0.39 is 0 Å². The molecule has 2 atom stereocenters. The number of ether oxygens (including phenoxy) is 2. The molecule has 6 nitrogen and oxygen atoms in total. The molecular weight excluding hydrogens is 390 g/mol. The Hall–Kier alpha value is -2.44. The molecule has 0 N–H and O–H groups in total. The lowest BCUT2D eigenvalue weighted by molar-refractivity contribution is -0.190. The molecule has 1 aromatic carbocycles. The average molecular weight is 424 g/mol. The van der Waals surface area contributed by atoms with Crippen molar-refractivity contribution in [2.45, 2.75) is 50.4 Å². The Morgan fingerprint density at radius 2 is 1.97 bits per heavy atom. The quantitative estimate of drug-likeness (QED) is 0.725. The van der Waals surface area contributed by atoms with E-state index in [1.165, 1.54) is 5.56 Å². The van der Waals surface area contributed by atoms with Crippen molar-refractivity contribution in [3.05, 3.63) is 59.8 Å². The van der Waals surface area contributed by atoms with Gasteiger partial charge in [-0.2, -0.15) is 0 Å². The molecule has 4 rings (SSSR count). The molecule has 1 aromatic heterocycles. The number of pyridine rings is 1. The fourth-order valence-electron chi connectivity index (χ4n) is 4.79. The zero-order chi connectivity index (χ0) is 21.8. The Morgan fingerprint density at radius 3 is 2.65 bits per heavy atom. The molecule has 166 valence electrons. The van der Waals surface area contributed by atoms with E-state index in [2.05, 4.69) is 36.2 Å². The molecule has 2 aromatic rings. The van der Waals surface area contributed by atoms with Gasteiger partial charge in [0.15, 0.2) is 0 Å². The minimum absolute atomic E-state index is 0.0385. The summed E-state index contributed by atoms with van der Waals surface area (Å²) in [5.74, 6) is 0.859. The topological polar surface area (TPSA) is 54.9 Å². The highest BCUT2D eigenvalue weighted by Crippen LogP contribution is 2.44. The molecule has 2 saturated heterocycles. The van der Waals surface area contributed by atoms with Crippen molar-refractivity contribution in [2.75, 3.05) is 38.7 Å². The zero-order valence-electron chi connectivity index (χ0n) is 18.8. The van der Waals surface area contributed by atoms with Crippen molar-refractivity contribution < 1.29 is 14.3 Å². The lowest BCUT2D eigenvalue weighted by Crippen LogP contribution is -2.52. The first-order chi connectivity index (χ1) is 15.0. The molecule has 1 spiro atoms. The highest BCUT2D eigenvalue weighted by Gasteiger charge is 2.45. The molecule has 0 saturated carbocycles. The molecule has 2 aliphatic rings. The van der Waals surface area contributed by atoms with Crippen molar-refractivity contribution in [3.8, 4) is 0 Å². The van der Waals surface area contributed by atoms with E-state index in [9.17, 15) is 4.79 Å². The zero-order valence-corrected chi connectivity index (χ0v) is 18.8. The number of anilines is 1. The molecule has 2 fully saturated rings. The van der Waals surface area contributed by atoms with Crippen molar-refractivity contribution in [2.24, 2.45) is 0 Å². The number of carbonyl (C=O) groups excluding carboxylic acids is 1. The predicted octanol–water partition coefficient (Wildman–Crippen LogP) is 4.08. The highest BCUT2D eigenvalue weighted by molar-refractivity contribution is 5.94. The van der Waals surface area contributed by atoms with E-state index in [4.69, 9.17) is 9.47 Å². The fourth-order valence-corrected chi connectivity index (χ4v) is 4.79. The van der Waals surface area contributed by atoms with Gasteiger partial charge in [-0.25, -0.2) is 4.98 Å². The minimum atomic E-state index is -0.234. The van der Waals surface area contributed by atoms with Gasteiger partial charge >= 0.3 is 0 Å². The van der Waals surface area contributed by atoms with Crippen LogP contribution in [0.3, 0.4) is 0 Å². The third-order valence-corrected chi connectivity index (χ3v) is 6.46. The minimum Gasteiger partial charge on any atom is -0.378 e. The number of rotatable bonds is 5. The fraction of sp³-hybridized carbons (Fsp3) is 0.520. The monoisotopic (exact) mass is 423 g/mol. The number of hydrogen-bond acceptors (Lipinski definition) is 5. The second-order valence-electron chi connectivity index (χ2n) is 8.81. The Kier molecular flexibility index (Phi) is 6.58. The molecule has 2 aliphatic heterocycles. The summed E-state index contributed by atoms with van der Waals surface area (Å²) in [6.45, 7) is 4.15. The summed E-state index contributed by atoms with van der Waals surface area (Å²) in [5, 5.41) is 0. The van der Waals surface area contributed by atoms with Gasteiger partial charge in [0.1, 0.15) is 5.82 Å². The molecule has 0 aliphatic carbocycles. The molecule has 3 heterocycles. The third kappa shape index (κ3) is 4.91. The number of nitrogens with zero attached hydrogens (tertiary/aromatic N) is 3. The van der Waals surface area contributed by atoms with Gasteiger partial charge in [-0.1, -0.05) is 30.3 Å². The lowest BCUT2D eigenvalue weighted by Gasteiger charge is -2.48. The first kappa shape index (κ1) is 21.8. The number of carbonyl (C=O) groups is 1. The van der Waals surface area contributed by atoms with Gasteiger partial charge in [0.25, 0.3) is 5.91 Å². The molecule has 1 amide bonds. The van der Waals surface area contributed by atoms with E-state index >= 15 is 0 Å². The Labute approximate surface area is 185 Å². The van der Waals surface area contributed by atoms with Crippen LogP contribution in [0.15, 0.2) is 48.7 Å². The predicted molar refractivity (Wildman–Crippen MR) is 121 cm³/mol. The van der Waals surface area contributed by atoms with E-state index in [0.29, 0.717) is 25.3 Å². The largest absolute Gasteiger partial charge is 0.378 e. The van der Waals surface area contributed by atoms with Gasteiger partial charge in [-0.05, 0) is 37.5 Å². The van der Waals surface area contributed by atoms with Gasteiger partial charge in [0.05, 0.1) is 17.8 Å². The van der Waals surface area contributed by atoms with Gasteiger partial charge in [-0.15, -0.1) is 0 Å². The number of likely N-dealkylation sites (tertiary alicyclic amines) is 1. The van der Waals surface area contributed by atoms with Crippen LogP contribution in [0, 0.1) is 0 Å². The second kappa shape index (κ2) is 9.37. The van der Waals surface area contributed by atoms with Crippen molar-refractivity contribution in [1.82, 2.24) is 9.88 Å². The number of aromatic nitrogens is 1. The number of amides is 1. The SMILES string of the molecule is CCO[C@H]1C[C@@H](c2ccccc2)OC2(CCN(C(=O)c3ccnc(N(C)C)c3)CC2)C1. The van der Waals surface area contributed by atoms with Crippen LogP contribution in [0.5, 0.6) is 0 Å². The van der Waals surface area contributed by atoms with Crippen molar-refractivity contribution in [1.29, 1.82) is 0 Å². The van der Waals surface area contributed by atoms with E-state index in [1.807, 2.05) is 36.0 Å². The van der Waals surface area contributed by atoms with Gasteiger partial charge in [0.2, 0.25) is 0 Å². The molecule has 0 unspecified atom stereocenters. The van der Waals surface area contributed by atoms with Gasteiger partial charge in [-0.3, -0.25) is 4.79 Å². The van der Waals surface area contributed by atoms with Crippen LogP contribution in [0.4, 0.5) is 5.82 Å². The van der Waals surface area contributed by atoms with Crippen LogP contribution in [0.25, 0.3) is 0 Å². The highest BCUT2D eigenvalue weighted by atomic mass is 16.5. The maximum absolute atomic E-state index is 13.1. The average Bonchev–Trinajstić information content (AvgIpc) is 2.80. The number of hydrogen-bond donors (Lipinski definition) is 0. The summed E-state index contributed by atoms with van der Waals surface area (Å²) >= 11 is 0. The summed E-state index contributed by atoms with van der Waals surface area (Å²) in [6.07, 6.45) is 5.37. The van der Waals surface area contributed by atoms with E-state index in [-0.39, 0.29) is 23.7 Å². The van der Waals surface area contributed by atoms with Gasteiger partial charge in [0, 0.05) is 58.4 Å². The van der Waals surface area contributed by atoms with Crippen LogP contribution in [-0.2, 0) is 9.47 Å². The maximum atomic E-state index is 13.1. The van der Waals surface area contributed by atoms with Crippen LogP contribution in [0.1, 0.15) is 54.6 Å². The van der Waals surface area contributed by atoms with Gasteiger partial charge < -0.3 is 19.3 Å². The molecular formula is C25H33N3O3. The van der Waals surface area contributed by atoms with E-state index in [0.717, 1.165) is 31.5 Å². The molecule has 6 heteroatoms. The third-order valence-electron chi connectivity index (χ3n) is 6.46. The normalized spacial score (nSPS) is 23.0. The first-order valence-corrected chi connectivity index (χ1v) is 11.3. The molecule has 0 radical (unpaired) electrons. The van der Waals surface area contributed by atoms with Crippen LogP contribution >= 0.6 is 0 Å². The van der Waals surface area contributed by atoms with E-state index in [1.54, 1.807) is 12.3 Å². The smallest absolute Gasteiger partial charge is 0.254 e. The Bertz CT molecular complexity index is 879. The first-order valence-electron chi connectivity index (χ1n) is 11.3. The standard InChI is InChI=1S/C25H33N3O3/c1-4-30-21-17-22(19-8-6-5-7-9-19)31-25(18-21)11-14-28(15-12-25)24(29)20-10-13-26-23(16-20)27(2)3/h5-10,13,16,21-22H,4,11-12,14-15,17-18H2,1-3H3/t21-,22-/m0/s1. The maximum Gasteiger partial charge on any atom is 0.254 e. The molecule has 0 bridgehead atoms. The number of benzene rings is 1. The molecule has 31 heavy (non-hydrogen) atoms. The summed E-state index contributed by atoms with van der Waals surface area (Å²) in [4.78, 5) is 21.3. The van der Waals surface area contributed by atoms with Crippen LogP contribution < -0.4 is 4.90 Å². The second-order valence-corrected chi connectivity index (χ2v) is 8.81. The summed E-state index contributed by atoms with van der Waals surface area (Å²) in [5.41, 5.74) is 1.66. The number of piperidine rings is 1. The summed E-state index contributed by atoms with van der Waals surface area (Å²) in [7, 11) is 3.86. The Morgan fingerprint density at radius 1 is 1.23 bits per heavy atom. The van der Waals surface area contributed by atoms with Crippen LogP contribution in [0.2, 0.25) is 0 Å². The van der Waals surface area contributed by atoms with Crippen molar-refractivity contribution >= 4 is 11.7 Å². The van der Waals surface area contributed by atoms with Crippen LogP contribution in [-0.4, -0.2) is 61.3 Å². The lowest BCUT2D eigenvalue weighted by atomic mass is 9.80. The summed E-state index contributed by atoms with van der Waals surface area (Å²) < 4.78 is 12.8.